The van der Waals surface area contributed by atoms with E-state index in [-0.39, 0.29) is 40.9 Å². The first-order valence-corrected chi connectivity index (χ1v) is 12.0. The van der Waals surface area contributed by atoms with E-state index < -0.39 is 30.4 Å². The molecule has 5 N–H and O–H groups in total. The van der Waals surface area contributed by atoms with Gasteiger partial charge in [-0.05, 0) is 98.2 Å². The third-order valence-corrected chi connectivity index (χ3v) is 10.2. The van der Waals surface area contributed by atoms with E-state index in [4.69, 9.17) is 5.11 Å². The zero-order valence-electron chi connectivity index (χ0n) is 18.4. The molecular weight excluding hydrogens is 384 g/mol. The van der Waals surface area contributed by atoms with Crippen LogP contribution in [0.4, 0.5) is 0 Å². The number of fused-ring (bicyclic) bond motifs is 5. The highest BCUT2D eigenvalue weighted by Crippen LogP contribution is 2.67. The Labute approximate surface area is 179 Å². The van der Waals surface area contributed by atoms with Crippen molar-refractivity contribution in [2.75, 3.05) is 0 Å². The number of rotatable bonds is 5. The lowest BCUT2D eigenvalue weighted by Crippen LogP contribution is -2.63. The van der Waals surface area contributed by atoms with Crippen molar-refractivity contribution >= 4 is 5.97 Å². The van der Waals surface area contributed by atoms with Crippen molar-refractivity contribution in [1.82, 2.24) is 0 Å². The highest BCUT2D eigenvalue weighted by Gasteiger charge is 2.64. The third-order valence-electron chi connectivity index (χ3n) is 10.2. The van der Waals surface area contributed by atoms with Crippen LogP contribution in [0.1, 0.15) is 78.1 Å². The summed E-state index contributed by atoms with van der Waals surface area (Å²) in [4.78, 5) is 10.8. The van der Waals surface area contributed by atoms with Gasteiger partial charge in [0, 0.05) is 6.42 Å². The van der Waals surface area contributed by atoms with E-state index >= 15 is 0 Å². The van der Waals surface area contributed by atoms with Gasteiger partial charge in [0.2, 0.25) is 0 Å². The van der Waals surface area contributed by atoms with Crippen LogP contribution in [-0.2, 0) is 4.79 Å². The highest BCUT2D eigenvalue weighted by molar-refractivity contribution is 5.66. The number of aliphatic hydroxyl groups excluding tert-OH is 4. The van der Waals surface area contributed by atoms with Crippen LogP contribution >= 0.6 is 0 Å². The van der Waals surface area contributed by atoms with Crippen molar-refractivity contribution in [2.45, 2.75) is 102 Å². The van der Waals surface area contributed by atoms with Crippen LogP contribution in [0.5, 0.6) is 0 Å². The lowest BCUT2D eigenvalue weighted by Gasteiger charge is -2.63. The Balaban J connectivity index is 1.54. The van der Waals surface area contributed by atoms with E-state index in [9.17, 15) is 25.2 Å². The van der Waals surface area contributed by atoms with Gasteiger partial charge >= 0.3 is 5.97 Å². The summed E-state index contributed by atoms with van der Waals surface area (Å²) in [5, 5.41) is 52.3. The van der Waals surface area contributed by atoms with Crippen molar-refractivity contribution in [3.8, 4) is 0 Å². The Kier molecular flexibility index (Phi) is 6.02. The van der Waals surface area contributed by atoms with Gasteiger partial charge in [-0.2, -0.15) is 0 Å². The van der Waals surface area contributed by atoms with Crippen LogP contribution in [0, 0.1) is 40.4 Å². The lowest BCUT2D eigenvalue weighted by molar-refractivity contribution is -0.213. The van der Waals surface area contributed by atoms with Gasteiger partial charge in [-0.25, -0.2) is 0 Å². The fourth-order valence-electron chi connectivity index (χ4n) is 8.60. The fraction of sp³-hybridized carbons (Fsp3) is 0.958. The SMILES string of the molecule is C[C@]12CCC3C(C1CCC2[C@H](O)CCCC(=O)O)[C@@H](O)CC1C[C@H](O)C[C@@H](O)[C@@]13C. The van der Waals surface area contributed by atoms with E-state index in [0.29, 0.717) is 38.0 Å². The number of carbonyl (C=O) groups is 1. The van der Waals surface area contributed by atoms with Gasteiger partial charge in [-0.15, -0.1) is 0 Å². The first-order chi connectivity index (χ1) is 14.1. The maximum absolute atomic E-state index is 11.2. The summed E-state index contributed by atoms with van der Waals surface area (Å²) in [7, 11) is 0. The molecule has 6 nitrogen and oxygen atoms in total. The minimum absolute atomic E-state index is 0.0485. The molecule has 4 aliphatic rings. The summed E-state index contributed by atoms with van der Waals surface area (Å²) < 4.78 is 0. The van der Waals surface area contributed by atoms with Gasteiger partial charge in [0.05, 0.1) is 24.4 Å². The second-order valence-corrected chi connectivity index (χ2v) is 11.4. The van der Waals surface area contributed by atoms with Gasteiger partial charge in [-0.1, -0.05) is 13.8 Å². The van der Waals surface area contributed by atoms with Crippen LogP contribution in [0.25, 0.3) is 0 Å². The van der Waals surface area contributed by atoms with E-state index in [1.165, 1.54) is 0 Å². The molecule has 30 heavy (non-hydrogen) atoms. The Bertz CT molecular complexity index is 654. The van der Waals surface area contributed by atoms with Gasteiger partial charge in [0.15, 0.2) is 0 Å². The largest absolute Gasteiger partial charge is 0.481 e. The summed E-state index contributed by atoms with van der Waals surface area (Å²) in [6, 6.07) is 0. The Morgan fingerprint density at radius 1 is 1.03 bits per heavy atom. The monoisotopic (exact) mass is 424 g/mol. The summed E-state index contributed by atoms with van der Waals surface area (Å²) >= 11 is 0. The predicted molar refractivity (Wildman–Crippen MR) is 111 cm³/mol. The molecule has 172 valence electrons. The van der Waals surface area contributed by atoms with Crippen LogP contribution in [0.3, 0.4) is 0 Å². The number of carboxylic acids is 1. The maximum atomic E-state index is 11.2. The van der Waals surface area contributed by atoms with E-state index in [0.717, 1.165) is 25.7 Å². The van der Waals surface area contributed by atoms with Gasteiger partial charge in [0.25, 0.3) is 0 Å². The molecule has 0 spiro atoms. The van der Waals surface area contributed by atoms with E-state index in [1.54, 1.807) is 0 Å². The van der Waals surface area contributed by atoms with Crippen molar-refractivity contribution < 1.29 is 30.3 Å². The zero-order valence-corrected chi connectivity index (χ0v) is 18.4. The molecule has 0 aliphatic heterocycles. The van der Waals surface area contributed by atoms with Crippen molar-refractivity contribution in [3.05, 3.63) is 0 Å². The smallest absolute Gasteiger partial charge is 0.303 e. The quantitative estimate of drug-likeness (QED) is 0.463. The molecule has 0 bridgehead atoms. The Morgan fingerprint density at radius 2 is 1.77 bits per heavy atom. The number of hydrogen-bond acceptors (Lipinski definition) is 5. The van der Waals surface area contributed by atoms with Gasteiger partial charge in [0.1, 0.15) is 0 Å². The molecule has 0 amide bonds. The number of aliphatic hydroxyl groups is 4. The molecule has 0 aromatic rings. The molecule has 0 radical (unpaired) electrons. The third kappa shape index (κ3) is 3.42. The average Bonchev–Trinajstić information content (AvgIpc) is 3.01. The zero-order chi connectivity index (χ0) is 21.8. The van der Waals surface area contributed by atoms with Gasteiger partial charge in [-0.3, -0.25) is 4.79 Å². The summed E-state index contributed by atoms with van der Waals surface area (Å²) in [6.07, 6.45) is 4.75. The fourth-order valence-corrected chi connectivity index (χ4v) is 8.60. The number of aliphatic carboxylic acids is 1. The first-order valence-electron chi connectivity index (χ1n) is 12.0. The lowest BCUT2D eigenvalue weighted by atomic mass is 9.43. The van der Waals surface area contributed by atoms with Crippen molar-refractivity contribution in [2.24, 2.45) is 40.4 Å². The standard InChI is InChI=1S/C24H40O6/c1-23-9-8-17-22(16(23)7-6-15(23)18(26)4-3-5-21(29)30)19(27)11-13-10-14(25)12-20(28)24(13,17)2/h13-20,22,25-28H,3-12H2,1-2H3,(H,29,30)/t13?,14-,15?,16?,17?,18+,19-,20+,22?,23+,24-/m0/s1. The molecule has 11 atom stereocenters. The molecule has 4 saturated carbocycles. The second-order valence-electron chi connectivity index (χ2n) is 11.4. The molecule has 0 aromatic carbocycles. The van der Waals surface area contributed by atoms with E-state index in [2.05, 4.69) is 13.8 Å². The van der Waals surface area contributed by atoms with Crippen LogP contribution in [0.2, 0.25) is 0 Å². The summed E-state index contributed by atoms with van der Waals surface area (Å²) in [5.41, 5.74) is -0.310. The van der Waals surface area contributed by atoms with Gasteiger partial charge < -0.3 is 25.5 Å². The van der Waals surface area contributed by atoms with Crippen molar-refractivity contribution in [1.29, 1.82) is 0 Å². The summed E-state index contributed by atoms with van der Waals surface area (Å²) in [6.45, 7) is 4.46. The summed E-state index contributed by atoms with van der Waals surface area (Å²) in [5.74, 6) is 0.175. The minimum atomic E-state index is -0.817. The average molecular weight is 425 g/mol. The highest BCUT2D eigenvalue weighted by atomic mass is 16.4. The van der Waals surface area contributed by atoms with Crippen LogP contribution < -0.4 is 0 Å². The molecule has 4 fully saturated rings. The Hall–Kier alpha value is -0.690. The Morgan fingerprint density at radius 3 is 2.47 bits per heavy atom. The minimum Gasteiger partial charge on any atom is -0.481 e. The number of carboxylic acid groups (broad SMARTS) is 1. The van der Waals surface area contributed by atoms with E-state index in [1.807, 2.05) is 0 Å². The topological polar surface area (TPSA) is 118 Å². The normalized spacial score (nSPS) is 51.5. The molecule has 6 heteroatoms. The molecule has 4 aliphatic carbocycles. The first kappa shape index (κ1) is 22.5. The van der Waals surface area contributed by atoms with Crippen LogP contribution in [0.15, 0.2) is 0 Å². The second kappa shape index (κ2) is 8.02. The predicted octanol–water partition coefficient (Wildman–Crippen LogP) is 2.56. The van der Waals surface area contributed by atoms with Crippen LogP contribution in [-0.4, -0.2) is 55.9 Å². The molecule has 0 heterocycles. The van der Waals surface area contributed by atoms with Crippen molar-refractivity contribution in [3.63, 3.8) is 0 Å². The molecule has 0 saturated heterocycles. The molecule has 5 unspecified atom stereocenters. The molecular formula is C24H40O6. The number of hydrogen-bond donors (Lipinski definition) is 5. The molecule has 0 aromatic heterocycles. The molecule has 4 rings (SSSR count). The maximum Gasteiger partial charge on any atom is 0.303 e.